The molecule has 3 aromatic rings. The van der Waals surface area contributed by atoms with Crippen molar-refractivity contribution in [1.82, 2.24) is 9.78 Å². The third-order valence-corrected chi connectivity index (χ3v) is 3.94. The van der Waals surface area contributed by atoms with Gasteiger partial charge >= 0.3 is 0 Å². The summed E-state index contributed by atoms with van der Waals surface area (Å²) in [5.74, 6) is -0.188. The summed E-state index contributed by atoms with van der Waals surface area (Å²) in [6, 6.07) is 19.1. The molecular formula is C20H18N4O. The minimum atomic E-state index is -0.188. The van der Waals surface area contributed by atoms with Crippen molar-refractivity contribution in [2.75, 3.05) is 5.32 Å². The summed E-state index contributed by atoms with van der Waals surface area (Å²) in [6.45, 7) is 2.00. The molecule has 5 heteroatoms. The number of nitriles is 1. The Kier molecular flexibility index (Phi) is 4.91. The number of para-hydroxylation sites is 1. The second kappa shape index (κ2) is 7.45. The molecule has 2 aromatic carbocycles. The molecule has 0 aliphatic carbocycles. The lowest BCUT2D eigenvalue weighted by atomic mass is 10.1. The van der Waals surface area contributed by atoms with Gasteiger partial charge in [-0.15, -0.1) is 0 Å². The molecule has 1 heterocycles. The van der Waals surface area contributed by atoms with Gasteiger partial charge in [-0.05, 0) is 36.2 Å². The Hall–Kier alpha value is -3.39. The van der Waals surface area contributed by atoms with E-state index in [4.69, 9.17) is 5.26 Å². The van der Waals surface area contributed by atoms with E-state index in [-0.39, 0.29) is 5.91 Å². The molecule has 124 valence electrons. The van der Waals surface area contributed by atoms with E-state index in [0.29, 0.717) is 24.1 Å². The van der Waals surface area contributed by atoms with Crippen LogP contribution in [-0.2, 0) is 12.8 Å². The van der Waals surface area contributed by atoms with Crippen LogP contribution in [0.25, 0.3) is 5.69 Å². The molecule has 3 rings (SSSR count). The molecule has 1 amide bonds. The number of carbonyl (C=O) groups is 1. The van der Waals surface area contributed by atoms with E-state index in [2.05, 4.69) is 16.5 Å². The summed E-state index contributed by atoms with van der Waals surface area (Å²) >= 11 is 0. The molecule has 0 saturated heterocycles. The lowest BCUT2D eigenvalue weighted by molar-refractivity contribution is 0.102. The molecule has 0 saturated carbocycles. The predicted octanol–water partition coefficient (Wildman–Crippen LogP) is 3.75. The zero-order valence-electron chi connectivity index (χ0n) is 13.9. The van der Waals surface area contributed by atoms with Crippen LogP contribution in [0.3, 0.4) is 0 Å². The van der Waals surface area contributed by atoms with Gasteiger partial charge in [0, 0.05) is 5.69 Å². The fraction of sp³-hybridized carbons (Fsp3) is 0.150. The summed E-state index contributed by atoms with van der Waals surface area (Å²) < 4.78 is 1.80. The number of rotatable bonds is 5. The molecule has 0 aliphatic heterocycles. The molecule has 0 unspecified atom stereocenters. The number of anilines is 1. The summed E-state index contributed by atoms with van der Waals surface area (Å²) in [5.41, 5.74) is 3.98. The molecule has 5 nitrogen and oxygen atoms in total. The van der Waals surface area contributed by atoms with Crippen LogP contribution < -0.4 is 5.32 Å². The Morgan fingerprint density at radius 2 is 1.88 bits per heavy atom. The highest BCUT2D eigenvalue weighted by Crippen LogP contribution is 2.18. The fourth-order valence-corrected chi connectivity index (χ4v) is 2.69. The van der Waals surface area contributed by atoms with E-state index in [1.807, 2.05) is 49.4 Å². The average molecular weight is 330 g/mol. The van der Waals surface area contributed by atoms with Crippen LogP contribution in [0, 0.1) is 11.3 Å². The van der Waals surface area contributed by atoms with Gasteiger partial charge in [-0.2, -0.15) is 10.4 Å². The van der Waals surface area contributed by atoms with Crippen molar-refractivity contribution in [3.05, 3.63) is 77.6 Å². The van der Waals surface area contributed by atoms with Crippen LogP contribution in [0.2, 0.25) is 0 Å². The van der Waals surface area contributed by atoms with Gasteiger partial charge in [0.05, 0.1) is 35.6 Å². The normalized spacial score (nSPS) is 10.2. The van der Waals surface area contributed by atoms with Crippen LogP contribution in [0.5, 0.6) is 0 Å². The minimum Gasteiger partial charge on any atom is -0.322 e. The van der Waals surface area contributed by atoms with Gasteiger partial charge in [0.1, 0.15) is 0 Å². The number of nitrogens with zero attached hydrogens (tertiary/aromatic N) is 3. The molecule has 0 atom stereocenters. The highest BCUT2D eigenvalue weighted by molar-refractivity contribution is 6.05. The van der Waals surface area contributed by atoms with Crippen molar-refractivity contribution < 1.29 is 4.79 Å². The number of aromatic nitrogens is 2. The number of nitrogens with one attached hydrogen (secondary N) is 1. The third kappa shape index (κ3) is 3.59. The highest BCUT2D eigenvalue weighted by atomic mass is 16.1. The van der Waals surface area contributed by atoms with E-state index < -0.39 is 0 Å². The minimum absolute atomic E-state index is 0.188. The molecule has 0 bridgehead atoms. The van der Waals surface area contributed by atoms with Crippen molar-refractivity contribution in [3.8, 4) is 11.8 Å². The molecule has 0 aliphatic rings. The smallest absolute Gasteiger partial charge is 0.259 e. The Morgan fingerprint density at radius 3 is 2.52 bits per heavy atom. The van der Waals surface area contributed by atoms with E-state index in [1.165, 1.54) is 0 Å². The van der Waals surface area contributed by atoms with Gasteiger partial charge in [-0.1, -0.05) is 37.3 Å². The lowest BCUT2D eigenvalue weighted by Gasteiger charge is -2.09. The Morgan fingerprint density at radius 1 is 1.16 bits per heavy atom. The molecule has 0 radical (unpaired) electrons. The van der Waals surface area contributed by atoms with Crippen molar-refractivity contribution in [1.29, 1.82) is 5.26 Å². The molecule has 1 N–H and O–H groups in total. The number of carbonyl (C=O) groups excluding carboxylic acids is 1. The second-order valence-electron chi connectivity index (χ2n) is 5.59. The average Bonchev–Trinajstić information content (AvgIpc) is 3.08. The zero-order valence-corrected chi connectivity index (χ0v) is 13.9. The first-order chi connectivity index (χ1) is 12.2. The second-order valence-corrected chi connectivity index (χ2v) is 5.59. The molecule has 25 heavy (non-hydrogen) atoms. The first-order valence-electron chi connectivity index (χ1n) is 8.12. The van der Waals surface area contributed by atoms with Gasteiger partial charge in [0.15, 0.2) is 0 Å². The summed E-state index contributed by atoms with van der Waals surface area (Å²) in [6.07, 6.45) is 2.65. The third-order valence-electron chi connectivity index (χ3n) is 3.94. The Bertz CT molecular complexity index is 905. The maximum Gasteiger partial charge on any atom is 0.259 e. The maximum absolute atomic E-state index is 12.6. The van der Waals surface area contributed by atoms with Crippen molar-refractivity contribution >= 4 is 11.6 Å². The van der Waals surface area contributed by atoms with Crippen LogP contribution >= 0.6 is 0 Å². The highest BCUT2D eigenvalue weighted by Gasteiger charge is 2.17. The van der Waals surface area contributed by atoms with Crippen molar-refractivity contribution in [3.63, 3.8) is 0 Å². The van der Waals surface area contributed by atoms with Crippen LogP contribution in [-0.4, -0.2) is 15.7 Å². The zero-order chi connectivity index (χ0) is 17.6. The monoisotopic (exact) mass is 330 g/mol. The quantitative estimate of drug-likeness (QED) is 0.774. The van der Waals surface area contributed by atoms with Crippen LogP contribution in [0.1, 0.15) is 28.5 Å². The standard InChI is InChI=1S/C20H18N4O/c1-2-19-18(14-22-24(19)17-6-4-3-5-7-17)20(25)23-16-10-8-15(9-11-16)12-13-21/h3-11,14H,2,12H2,1H3,(H,23,25). The molecular weight excluding hydrogens is 312 g/mol. The number of amides is 1. The van der Waals surface area contributed by atoms with Crippen LogP contribution in [0.4, 0.5) is 5.69 Å². The number of hydrogen-bond acceptors (Lipinski definition) is 3. The van der Waals surface area contributed by atoms with Crippen LogP contribution in [0.15, 0.2) is 60.8 Å². The summed E-state index contributed by atoms with van der Waals surface area (Å²) in [7, 11) is 0. The number of benzene rings is 2. The Balaban J connectivity index is 1.83. The van der Waals surface area contributed by atoms with Gasteiger partial charge in [0.2, 0.25) is 0 Å². The van der Waals surface area contributed by atoms with Crippen molar-refractivity contribution in [2.45, 2.75) is 19.8 Å². The van der Waals surface area contributed by atoms with E-state index in [9.17, 15) is 4.79 Å². The van der Waals surface area contributed by atoms with Gasteiger partial charge in [-0.3, -0.25) is 4.79 Å². The predicted molar refractivity (Wildman–Crippen MR) is 96.7 cm³/mol. The topological polar surface area (TPSA) is 70.7 Å². The molecule has 0 fully saturated rings. The lowest BCUT2D eigenvalue weighted by Crippen LogP contribution is -2.14. The first-order valence-corrected chi connectivity index (χ1v) is 8.12. The number of hydrogen-bond donors (Lipinski definition) is 1. The fourth-order valence-electron chi connectivity index (χ4n) is 2.69. The SMILES string of the molecule is CCc1c(C(=O)Nc2ccc(CC#N)cc2)cnn1-c1ccccc1. The van der Waals surface area contributed by atoms with Gasteiger partial charge < -0.3 is 5.32 Å². The van der Waals surface area contributed by atoms with E-state index >= 15 is 0 Å². The maximum atomic E-state index is 12.6. The Labute approximate surface area is 146 Å². The van der Waals surface area contributed by atoms with Gasteiger partial charge in [-0.25, -0.2) is 4.68 Å². The largest absolute Gasteiger partial charge is 0.322 e. The van der Waals surface area contributed by atoms with E-state index in [1.54, 1.807) is 23.0 Å². The van der Waals surface area contributed by atoms with Gasteiger partial charge in [0.25, 0.3) is 5.91 Å². The summed E-state index contributed by atoms with van der Waals surface area (Å²) in [5, 5.41) is 16.0. The van der Waals surface area contributed by atoms with Crippen molar-refractivity contribution in [2.24, 2.45) is 0 Å². The molecule has 0 spiro atoms. The first kappa shape index (κ1) is 16.5. The summed E-state index contributed by atoms with van der Waals surface area (Å²) in [4.78, 5) is 12.6. The van der Waals surface area contributed by atoms with E-state index in [0.717, 1.165) is 16.9 Å². The molecule has 1 aromatic heterocycles.